The third kappa shape index (κ3) is 6.41. The topological polar surface area (TPSA) is 121 Å². The first-order valence-corrected chi connectivity index (χ1v) is 12.5. The molecule has 0 bridgehead atoms. The van der Waals surface area contributed by atoms with Crippen LogP contribution >= 0.6 is 0 Å². The predicted octanol–water partition coefficient (Wildman–Crippen LogP) is 2.11. The number of halogens is 2. The Bertz CT molecular complexity index is 1220. The largest absolute Gasteiger partial charge is 0.469 e. The first kappa shape index (κ1) is 27.7. The van der Waals surface area contributed by atoms with Gasteiger partial charge in [0.15, 0.2) is 11.6 Å². The smallest absolute Gasteiger partial charge is 0.414 e. The maximum atomic E-state index is 15.1. The van der Waals surface area contributed by atoms with Crippen LogP contribution in [0, 0.1) is 11.6 Å². The summed E-state index contributed by atoms with van der Waals surface area (Å²) in [5.74, 6) is -2.89. The molecule has 2 saturated heterocycles. The number of carbonyl (C=O) groups excluding carboxylic acids is 4. The molecule has 1 N–H and O–H groups in total. The van der Waals surface area contributed by atoms with Crippen molar-refractivity contribution < 1.29 is 37.4 Å². The fourth-order valence-corrected chi connectivity index (χ4v) is 4.54. The molecule has 1 aromatic carbocycles. The summed E-state index contributed by atoms with van der Waals surface area (Å²) in [6, 6.07) is 4.54. The first-order valence-electron chi connectivity index (χ1n) is 12.5. The average Bonchev–Trinajstić information content (AvgIpc) is 3.32. The highest BCUT2D eigenvalue weighted by Gasteiger charge is 2.34. The molecule has 11 nitrogen and oxygen atoms in total. The summed E-state index contributed by atoms with van der Waals surface area (Å²) < 4.78 is 40.0. The third-order valence-corrected chi connectivity index (χ3v) is 6.63. The lowest BCUT2D eigenvalue weighted by molar-refractivity contribution is -0.141. The predicted molar refractivity (Wildman–Crippen MR) is 135 cm³/mol. The zero-order valence-electron chi connectivity index (χ0n) is 21.6. The highest BCUT2D eigenvalue weighted by molar-refractivity contribution is 5.97. The van der Waals surface area contributed by atoms with Crippen LogP contribution in [0.1, 0.15) is 30.1 Å². The summed E-state index contributed by atoms with van der Waals surface area (Å²) >= 11 is 0. The lowest BCUT2D eigenvalue weighted by Gasteiger charge is -2.37. The Labute approximate surface area is 223 Å². The number of nitrogens with one attached hydrogen (secondary N) is 1. The summed E-state index contributed by atoms with van der Waals surface area (Å²) in [6.45, 7) is 2.36. The van der Waals surface area contributed by atoms with Gasteiger partial charge in [-0.15, -0.1) is 0 Å². The normalized spacial score (nSPS) is 18.0. The number of piperazine rings is 1. The van der Waals surface area contributed by atoms with Crippen molar-refractivity contribution >= 4 is 35.3 Å². The molecular weight excluding hydrogens is 516 g/mol. The third-order valence-electron chi connectivity index (χ3n) is 6.63. The molecule has 0 spiro atoms. The van der Waals surface area contributed by atoms with Gasteiger partial charge in [-0.1, -0.05) is 0 Å². The number of rotatable bonds is 8. The SMILES string of the molecule is COC(=O)CC[C@H]1CN(c2cc(F)c(N3CCN(C(=O)[C@H](C)NC(=O)c4cccnc4)CC3)c(F)c2)C(=O)O1. The molecule has 0 aliphatic carbocycles. The molecule has 0 radical (unpaired) electrons. The Morgan fingerprint density at radius 3 is 2.49 bits per heavy atom. The second kappa shape index (κ2) is 12.0. The molecule has 39 heavy (non-hydrogen) atoms. The summed E-state index contributed by atoms with van der Waals surface area (Å²) in [4.78, 5) is 56.8. The van der Waals surface area contributed by atoms with E-state index in [1.54, 1.807) is 19.1 Å². The van der Waals surface area contributed by atoms with Gasteiger partial charge in [-0.25, -0.2) is 13.6 Å². The van der Waals surface area contributed by atoms with Gasteiger partial charge in [-0.3, -0.25) is 24.3 Å². The van der Waals surface area contributed by atoms with E-state index in [1.165, 1.54) is 29.3 Å². The fourth-order valence-electron chi connectivity index (χ4n) is 4.54. The monoisotopic (exact) mass is 545 g/mol. The van der Waals surface area contributed by atoms with Gasteiger partial charge < -0.3 is 24.6 Å². The van der Waals surface area contributed by atoms with E-state index in [-0.39, 0.29) is 62.8 Å². The number of methoxy groups -OCH3 is 1. The van der Waals surface area contributed by atoms with Crippen molar-refractivity contribution in [2.75, 3.05) is 49.6 Å². The number of pyridine rings is 1. The quantitative estimate of drug-likeness (QED) is 0.501. The van der Waals surface area contributed by atoms with Crippen LogP contribution < -0.4 is 15.1 Å². The number of hydrogen-bond acceptors (Lipinski definition) is 8. The second-order valence-electron chi connectivity index (χ2n) is 9.24. The molecule has 1 aromatic heterocycles. The van der Waals surface area contributed by atoms with E-state index in [0.717, 1.165) is 17.0 Å². The number of hydrogen-bond donors (Lipinski definition) is 1. The molecule has 3 amide bonds. The van der Waals surface area contributed by atoms with Crippen molar-refractivity contribution in [1.29, 1.82) is 0 Å². The number of benzene rings is 1. The fraction of sp³-hybridized carbons (Fsp3) is 0.423. The van der Waals surface area contributed by atoms with Crippen LogP contribution in [0.4, 0.5) is 25.0 Å². The van der Waals surface area contributed by atoms with Crippen molar-refractivity contribution in [3.63, 3.8) is 0 Å². The number of ether oxygens (including phenoxy) is 2. The number of amides is 3. The van der Waals surface area contributed by atoms with Gasteiger partial charge in [0.25, 0.3) is 5.91 Å². The molecule has 0 unspecified atom stereocenters. The van der Waals surface area contributed by atoms with Crippen LogP contribution in [0.25, 0.3) is 0 Å². The minimum Gasteiger partial charge on any atom is -0.469 e. The lowest BCUT2D eigenvalue weighted by Crippen LogP contribution is -2.54. The molecule has 2 aliphatic rings. The average molecular weight is 546 g/mol. The highest BCUT2D eigenvalue weighted by atomic mass is 19.1. The zero-order chi connectivity index (χ0) is 28.1. The van der Waals surface area contributed by atoms with E-state index >= 15 is 8.78 Å². The second-order valence-corrected chi connectivity index (χ2v) is 9.24. The molecule has 0 saturated carbocycles. The molecule has 2 atom stereocenters. The Hall–Kier alpha value is -4.29. The van der Waals surface area contributed by atoms with Gasteiger partial charge >= 0.3 is 12.1 Å². The van der Waals surface area contributed by atoms with E-state index in [9.17, 15) is 19.2 Å². The van der Waals surface area contributed by atoms with Crippen molar-refractivity contribution in [2.24, 2.45) is 0 Å². The van der Waals surface area contributed by atoms with Gasteiger partial charge in [0, 0.05) is 57.1 Å². The van der Waals surface area contributed by atoms with Crippen LogP contribution in [-0.2, 0) is 19.1 Å². The highest BCUT2D eigenvalue weighted by Crippen LogP contribution is 2.32. The number of nitrogens with zero attached hydrogens (tertiary/aromatic N) is 4. The molecule has 2 aromatic rings. The summed E-state index contributed by atoms with van der Waals surface area (Å²) in [5.41, 5.74) is 0.0835. The standard InChI is InChI=1S/C26H29F2N5O6/c1-16(30-24(35)17-4-3-7-29-14-17)25(36)32-10-8-31(9-11-32)23-20(27)12-18(13-21(23)28)33-15-19(39-26(33)37)5-6-22(34)38-2/h3-4,7,12-14,16,19H,5-6,8-11,15H2,1-2H3,(H,30,35)/t16-,19-/m0/s1. The van der Waals surface area contributed by atoms with Gasteiger partial charge in [0.2, 0.25) is 5.91 Å². The molecule has 13 heteroatoms. The number of aromatic nitrogens is 1. The van der Waals surface area contributed by atoms with Gasteiger partial charge in [0.1, 0.15) is 17.8 Å². The van der Waals surface area contributed by atoms with Crippen LogP contribution in [-0.4, -0.2) is 85.7 Å². The van der Waals surface area contributed by atoms with Crippen molar-refractivity contribution in [1.82, 2.24) is 15.2 Å². The Balaban J connectivity index is 1.34. The minimum absolute atomic E-state index is 0.00585. The van der Waals surface area contributed by atoms with Crippen LogP contribution in [0.15, 0.2) is 36.7 Å². The maximum absolute atomic E-state index is 15.1. The summed E-state index contributed by atoms with van der Waals surface area (Å²) in [7, 11) is 1.26. The van der Waals surface area contributed by atoms with E-state index < -0.39 is 41.7 Å². The molecule has 2 aliphatic heterocycles. The summed E-state index contributed by atoms with van der Waals surface area (Å²) in [6.07, 6.45) is 1.85. The van der Waals surface area contributed by atoms with Crippen molar-refractivity contribution in [2.45, 2.75) is 31.9 Å². The lowest BCUT2D eigenvalue weighted by atomic mass is 10.1. The Morgan fingerprint density at radius 1 is 1.18 bits per heavy atom. The number of esters is 1. The van der Waals surface area contributed by atoms with Crippen molar-refractivity contribution in [3.8, 4) is 0 Å². The van der Waals surface area contributed by atoms with E-state index in [4.69, 9.17) is 4.74 Å². The number of cyclic esters (lactones) is 1. The van der Waals surface area contributed by atoms with Crippen molar-refractivity contribution in [3.05, 3.63) is 53.9 Å². The molecule has 208 valence electrons. The van der Waals surface area contributed by atoms with E-state index in [1.807, 2.05) is 0 Å². The molecular formula is C26H29F2N5O6. The van der Waals surface area contributed by atoms with Crippen LogP contribution in [0.5, 0.6) is 0 Å². The summed E-state index contributed by atoms with van der Waals surface area (Å²) in [5, 5.41) is 2.64. The molecule has 3 heterocycles. The van der Waals surface area contributed by atoms with Gasteiger partial charge in [-0.05, 0) is 25.5 Å². The van der Waals surface area contributed by atoms with Gasteiger partial charge in [0.05, 0.1) is 24.9 Å². The first-order chi connectivity index (χ1) is 18.7. The molecule has 2 fully saturated rings. The minimum atomic E-state index is -0.854. The van der Waals surface area contributed by atoms with Gasteiger partial charge in [-0.2, -0.15) is 0 Å². The van der Waals surface area contributed by atoms with Crippen LogP contribution in [0.3, 0.4) is 0 Å². The Morgan fingerprint density at radius 2 is 1.87 bits per heavy atom. The Kier molecular flexibility index (Phi) is 8.57. The van der Waals surface area contributed by atoms with E-state index in [2.05, 4.69) is 15.0 Å². The van der Waals surface area contributed by atoms with Crippen LogP contribution in [0.2, 0.25) is 0 Å². The molecule has 4 rings (SSSR count). The van der Waals surface area contributed by atoms with E-state index in [0.29, 0.717) is 5.56 Å². The number of carbonyl (C=O) groups is 4. The maximum Gasteiger partial charge on any atom is 0.414 e. The zero-order valence-corrected chi connectivity index (χ0v) is 21.6. The number of anilines is 2.